The van der Waals surface area contributed by atoms with Crippen LogP contribution in [0.2, 0.25) is 0 Å². The van der Waals surface area contributed by atoms with Gasteiger partial charge in [-0.05, 0) is 19.1 Å². The van der Waals surface area contributed by atoms with Gasteiger partial charge in [0.25, 0.3) is 0 Å². The van der Waals surface area contributed by atoms with Gasteiger partial charge < -0.3 is 10.6 Å². The van der Waals surface area contributed by atoms with Gasteiger partial charge in [0, 0.05) is 25.1 Å². The lowest BCUT2D eigenvalue weighted by Gasteiger charge is -2.11. The van der Waals surface area contributed by atoms with E-state index in [2.05, 4.69) is 27.2 Å². The number of carbonyl (C=O) groups is 1. The van der Waals surface area contributed by atoms with Gasteiger partial charge in [0.05, 0.1) is 12.2 Å². The predicted molar refractivity (Wildman–Crippen MR) is 77.8 cm³/mol. The fourth-order valence-electron chi connectivity index (χ4n) is 1.77. The summed E-state index contributed by atoms with van der Waals surface area (Å²) in [5.74, 6) is 1.34. The maximum atomic E-state index is 11.8. The molecule has 1 amide bonds. The molecule has 0 saturated carbocycles. The fourth-order valence-corrected chi connectivity index (χ4v) is 1.77. The number of anilines is 1. The van der Waals surface area contributed by atoms with Gasteiger partial charge in [-0.1, -0.05) is 6.08 Å². The van der Waals surface area contributed by atoms with Gasteiger partial charge in [-0.2, -0.15) is 0 Å². The minimum Gasteiger partial charge on any atom is -0.322 e. The Bertz CT molecular complexity index is 605. The lowest BCUT2D eigenvalue weighted by Crippen LogP contribution is -2.28. The van der Waals surface area contributed by atoms with Gasteiger partial charge in [0.15, 0.2) is 5.82 Å². The van der Waals surface area contributed by atoms with Crippen LogP contribution in [-0.2, 0) is 4.79 Å². The van der Waals surface area contributed by atoms with Crippen LogP contribution in [0.15, 0.2) is 43.4 Å². The summed E-state index contributed by atoms with van der Waals surface area (Å²) >= 11 is 0. The molecule has 0 aliphatic carbocycles. The SMILES string of the molecule is C=CCNCC(=O)Nc1cccnc1-n1ccnc1C. The van der Waals surface area contributed by atoms with Crippen molar-refractivity contribution in [3.8, 4) is 5.82 Å². The summed E-state index contributed by atoms with van der Waals surface area (Å²) in [6.07, 6.45) is 6.89. The summed E-state index contributed by atoms with van der Waals surface area (Å²) in [7, 11) is 0. The average Bonchev–Trinajstić information content (AvgIpc) is 2.86. The molecule has 104 valence electrons. The van der Waals surface area contributed by atoms with Crippen molar-refractivity contribution in [3.63, 3.8) is 0 Å². The molecule has 2 rings (SSSR count). The number of aryl methyl sites for hydroxylation is 1. The van der Waals surface area contributed by atoms with Crippen LogP contribution in [0.5, 0.6) is 0 Å². The molecule has 2 aromatic heterocycles. The van der Waals surface area contributed by atoms with E-state index in [-0.39, 0.29) is 12.5 Å². The molecule has 0 saturated heterocycles. The normalized spacial score (nSPS) is 10.2. The van der Waals surface area contributed by atoms with Crippen LogP contribution in [0.1, 0.15) is 5.82 Å². The molecule has 0 fully saturated rings. The van der Waals surface area contributed by atoms with Crippen LogP contribution >= 0.6 is 0 Å². The number of rotatable bonds is 6. The maximum absolute atomic E-state index is 11.8. The van der Waals surface area contributed by atoms with Gasteiger partial charge in [-0.15, -0.1) is 6.58 Å². The molecule has 6 heteroatoms. The molecule has 0 unspecified atom stereocenters. The van der Waals surface area contributed by atoms with Crippen molar-refractivity contribution in [2.24, 2.45) is 0 Å². The zero-order chi connectivity index (χ0) is 14.4. The molecule has 20 heavy (non-hydrogen) atoms. The standard InChI is InChI=1S/C14H17N5O/c1-3-6-15-10-13(20)18-12-5-4-7-17-14(12)19-9-8-16-11(19)2/h3-5,7-9,15H,1,6,10H2,2H3,(H,18,20). The summed E-state index contributed by atoms with van der Waals surface area (Å²) < 4.78 is 1.83. The van der Waals surface area contributed by atoms with Crippen molar-refractivity contribution in [2.75, 3.05) is 18.4 Å². The van der Waals surface area contributed by atoms with Crippen LogP contribution in [0.25, 0.3) is 5.82 Å². The third kappa shape index (κ3) is 3.30. The van der Waals surface area contributed by atoms with E-state index < -0.39 is 0 Å². The first-order valence-electron chi connectivity index (χ1n) is 6.29. The Morgan fingerprint density at radius 3 is 3.00 bits per heavy atom. The number of hydrogen-bond acceptors (Lipinski definition) is 4. The van der Waals surface area contributed by atoms with E-state index in [4.69, 9.17) is 0 Å². The molecular formula is C14H17N5O. The van der Waals surface area contributed by atoms with E-state index in [1.807, 2.05) is 23.8 Å². The van der Waals surface area contributed by atoms with Gasteiger partial charge in [0.2, 0.25) is 5.91 Å². The Morgan fingerprint density at radius 2 is 2.30 bits per heavy atom. The van der Waals surface area contributed by atoms with E-state index >= 15 is 0 Å². The van der Waals surface area contributed by atoms with Crippen LogP contribution < -0.4 is 10.6 Å². The van der Waals surface area contributed by atoms with Crippen LogP contribution in [0, 0.1) is 6.92 Å². The van der Waals surface area contributed by atoms with Crippen molar-refractivity contribution in [1.82, 2.24) is 19.9 Å². The highest BCUT2D eigenvalue weighted by molar-refractivity contribution is 5.93. The first kappa shape index (κ1) is 14.0. The van der Waals surface area contributed by atoms with E-state index in [1.54, 1.807) is 24.5 Å². The number of nitrogens with one attached hydrogen (secondary N) is 2. The molecule has 0 bridgehead atoms. The number of aromatic nitrogens is 3. The molecule has 2 heterocycles. The maximum Gasteiger partial charge on any atom is 0.238 e. The van der Waals surface area contributed by atoms with E-state index in [1.165, 1.54) is 0 Å². The number of amides is 1. The lowest BCUT2D eigenvalue weighted by atomic mass is 10.3. The lowest BCUT2D eigenvalue weighted by molar-refractivity contribution is -0.115. The van der Waals surface area contributed by atoms with Crippen molar-refractivity contribution >= 4 is 11.6 Å². The largest absolute Gasteiger partial charge is 0.322 e. The monoisotopic (exact) mass is 271 g/mol. The summed E-state index contributed by atoms with van der Waals surface area (Å²) in [5, 5.41) is 5.79. The number of imidazole rings is 1. The summed E-state index contributed by atoms with van der Waals surface area (Å²) in [6.45, 7) is 6.28. The number of hydrogen-bond donors (Lipinski definition) is 2. The first-order valence-corrected chi connectivity index (χ1v) is 6.29. The summed E-state index contributed by atoms with van der Waals surface area (Å²) in [4.78, 5) is 20.3. The highest BCUT2D eigenvalue weighted by atomic mass is 16.1. The molecule has 2 aromatic rings. The van der Waals surface area contributed by atoms with Gasteiger partial charge in [-0.25, -0.2) is 9.97 Å². The predicted octanol–water partition coefficient (Wildman–Crippen LogP) is 1.29. The second kappa shape index (κ2) is 6.63. The van der Waals surface area contributed by atoms with Gasteiger partial charge in [0.1, 0.15) is 5.82 Å². The topological polar surface area (TPSA) is 71.8 Å². The smallest absolute Gasteiger partial charge is 0.238 e. The van der Waals surface area contributed by atoms with Crippen LogP contribution in [-0.4, -0.2) is 33.5 Å². The zero-order valence-electron chi connectivity index (χ0n) is 11.3. The number of nitrogens with zero attached hydrogens (tertiary/aromatic N) is 3. The molecule has 0 aliphatic heterocycles. The van der Waals surface area contributed by atoms with Crippen molar-refractivity contribution < 1.29 is 4.79 Å². The highest BCUT2D eigenvalue weighted by Crippen LogP contribution is 2.18. The molecule has 0 aliphatic rings. The van der Waals surface area contributed by atoms with Gasteiger partial charge >= 0.3 is 0 Å². The van der Waals surface area contributed by atoms with Crippen LogP contribution in [0.3, 0.4) is 0 Å². The Hall–Kier alpha value is -2.47. The first-order chi connectivity index (χ1) is 9.72. The molecule has 0 atom stereocenters. The quantitative estimate of drug-likeness (QED) is 0.613. The van der Waals surface area contributed by atoms with Crippen molar-refractivity contribution in [3.05, 3.63) is 49.2 Å². The van der Waals surface area contributed by atoms with Gasteiger partial charge in [-0.3, -0.25) is 9.36 Å². The fraction of sp³-hybridized carbons (Fsp3) is 0.214. The van der Waals surface area contributed by atoms with E-state index in [9.17, 15) is 4.79 Å². The third-order valence-corrected chi connectivity index (χ3v) is 2.69. The molecule has 2 N–H and O–H groups in total. The minimum absolute atomic E-state index is 0.126. The molecule has 6 nitrogen and oxygen atoms in total. The highest BCUT2D eigenvalue weighted by Gasteiger charge is 2.10. The van der Waals surface area contributed by atoms with Crippen molar-refractivity contribution in [2.45, 2.75) is 6.92 Å². The van der Waals surface area contributed by atoms with Crippen molar-refractivity contribution in [1.29, 1.82) is 0 Å². The number of carbonyl (C=O) groups excluding carboxylic acids is 1. The molecule has 0 aromatic carbocycles. The Balaban J connectivity index is 2.15. The molecule has 0 spiro atoms. The summed E-state index contributed by atoms with van der Waals surface area (Å²) in [6, 6.07) is 3.59. The minimum atomic E-state index is -0.126. The van der Waals surface area contributed by atoms with Crippen LogP contribution in [0.4, 0.5) is 5.69 Å². The number of pyridine rings is 1. The Morgan fingerprint density at radius 1 is 1.45 bits per heavy atom. The zero-order valence-corrected chi connectivity index (χ0v) is 11.3. The molecule has 0 radical (unpaired) electrons. The van der Waals surface area contributed by atoms with E-state index in [0.717, 1.165) is 5.82 Å². The second-order valence-corrected chi connectivity index (χ2v) is 4.19. The second-order valence-electron chi connectivity index (χ2n) is 4.19. The van der Waals surface area contributed by atoms with E-state index in [0.29, 0.717) is 18.1 Å². The Labute approximate surface area is 117 Å². The third-order valence-electron chi connectivity index (χ3n) is 2.69. The summed E-state index contributed by atoms with van der Waals surface area (Å²) in [5.41, 5.74) is 0.652. The Kier molecular flexibility index (Phi) is 4.62. The molecular weight excluding hydrogens is 254 g/mol. The average molecular weight is 271 g/mol.